The van der Waals surface area contributed by atoms with Crippen molar-refractivity contribution in [3.63, 3.8) is 0 Å². The van der Waals surface area contributed by atoms with E-state index in [0.717, 1.165) is 19.3 Å². The van der Waals surface area contributed by atoms with Gasteiger partial charge >= 0.3 is 0 Å². The zero-order chi connectivity index (χ0) is 17.3. The minimum atomic E-state index is -0.277. The van der Waals surface area contributed by atoms with Gasteiger partial charge in [0.25, 0.3) is 0 Å². The van der Waals surface area contributed by atoms with Crippen LogP contribution in [0, 0.1) is 0 Å². The van der Waals surface area contributed by atoms with Gasteiger partial charge in [-0.25, -0.2) is 0 Å². The van der Waals surface area contributed by atoms with Crippen molar-refractivity contribution in [2.45, 2.75) is 50.2 Å². The lowest BCUT2D eigenvalue weighted by atomic mass is 9.88. The largest absolute Gasteiger partial charge is 0.349 e. The first kappa shape index (κ1) is 17.0. The van der Waals surface area contributed by atoms with Gasteiger partial charge < -0.3 is 10.2 Å². The summed E-state index contributed by atoms with van der Waals surface area (Å²) in [5, 5.41) is 3.24. The van der Waals surface area contributed by atoms with Crippen molar-refractivity contribution in [1.82, 2.24) is 15.1 Å². The molecular formula is C19H27N3O2. The Morgan fingerprint density at radius 1 is 1.33 bits per heavy atom. The highest BCUT2D eigenvalue weighted by Gasteiger charge is 2.51. The second-order valence-corrected chi connectivity index (χ2v) is 7.46. The third-order valence-corrected chi connectivity index (χ3v) is 5.46. The number of rotatable bonds is 3. The Morgan fingerprint density at radius 3 is 2.71 bits per heavy atom. The molecule has 0 spiro atoms. The van der Waals surface area contributed by atoms with E-state index in [-0.39, 0.29) is 29.4 Å². The molecule has 1 N–H and O–H groups in total. The highest BCUT2D eigenvalue weighted by Crippen LogP contribution is 2.45. The summed E-state index contributed by atoms with van der Waals surface area (Å²) in [5.74, 6) is 0.239. The van der Waals surface area contributed by atoms with Crippen molar-refractivity contribution in [3.05, 3.63) is 35.9 Å². The number of nitrogens with zero attached hydrogens (tertiary/aromatic N) is 2. The van der Waals surface area contributed by atoms with Gasteiger partial charge in [0.05, 0.1) is 12.1 Å². The van der Waals surface area contributed by atoms with Crippen LogP contribution >= 0.6 is 0 Å². The fourth-order valence-electron chi connectivity index (χ4n) is 4.20. The second-order valence-electron chi connectivity index (χ2n) is 7.46. The third-order valence-electron chi connectivity index (χ3n) is 5.46. The van der Waals surface area contributed by atoms with Crippen LogP contribution in [0.5, 0.6) is 0 Å². The molecular weight excluding hydrogens is 302 g/mol. The van der Waals surface area contributed by atoms with Crippen LogP contribution in [0.3, 0.4) is 0 Å². The first-order valence-electron chi connectivity index (χ1n) is 8.72. The number of likely N-dealkylation sites (tertiary alicyclic amines) is 1. The van der Waals surface area contributed by atoms with E-state index in [0.29, 0.717) is 13.0 Å². The van der Waals surface area contributed by atoms with E-state index in [9.17, 15) is 9.59 Å². The maximum Gasteiger partial charge on any atom is 0.236 e. The fraction of sp³-hybridized carbons (Fsp3) is 0.579. The summed E-state index contributed by atoms with van der Waals surface area (Å²) in [5.41, 5.74) is 0.938. The molecule has 3 rings (SSSR count). The minimum Gasteiger partial charge on any atom is -0.349 e. The van der Waals surface area contributed by atoms with E-state index < -0.39 is 0 Å². The van der Waals surface area contributed by atoms with Gasteiger partial charge in [0.15, 0.2) is 0 Å². The van der Waals surface area contributed by atoms with Gasteiger partial charge in [-0.3, -0.25) is 14.5 Å². The minimum absolute atomic E-state index is 0.107. The number of fused-ring (bicyclic) bond motifs is 1. The second kappa shape index (κ2) is 6.55. The first-order chi connectivity index (χ1) is 11.4. The predicted molar refractivity (Wildman–Crippen MR) is 93.4 cm³/mol. The summed E-state index contributed by atoms with van der Waals surface area (Å²) < 4.78 is 0. The lowest BCUT2D eigenvalue weighted by Gasteiger charge is -2.35. The van der Waals surface area contributed by atoms with Gasteiger partial charge in [-0.05, 0) is 31.7 Å². The third kappa shape index (κ3) is 3.18. The molecule has 5 heteroatoms. The maximum atomic E-state index is 12.4. The Bertz CT molecular complexity index is 616. The Morgan fingerprint density at radius 2 is 2.04 bits per heavy atom. The maximum absolute atomic E-state index is 12.4. The smallest absolute Gasteiger partial charge is 0.236 e. The molecule has 1 aromatic rings. The average molecular weight is 329 g/mol. The Balaban J connectivity index is 1.95. The van der Waals surface area contributed by atoms with E-state index >= 15 is 0 Å². The van der Waals surface area contributed by atoms with E-state index in [1.807, 2.05) is 18.2 Å². The van der Waals surface area contributed by atoms with Crippen LogP contribution < -0.4 is 5.32 Å². The summed E-state index contributed by atoms with van der Waals surface area (Å²) >= 11 is 0. The number of hydrogen-bond acceptors (Lipinski definition) is 3. The van der Waals surface area contributed by atoms with Crippen LogP contribution in [0.2, 0.25) is 0 Å². The number of hydrogen-bond donors (Lipinski definition) is 1. The standard InChI is InChI=1S/C19H27N3O2/c1-19-12-15(14-8-5-4-6-9-14)22(13-18(24)21(2)3)16(19)10-7-11-17(23)20-19/h4-6,8-9,15-16H,7,10-13H2,1-3H3,(H,20,23)/t15-,16-,19-/m0/s1. The van der Waals surface area contributed by atoms with Crippen molar-refractivity contribution in [3.8, 4) is 0 Å². The molecule has 1 aromatic carbocycles. The van der Waals surface area contributed by atoms with Gasteiger partial charge in [0, 0.05) is 32.6 Å². The van der Waals surface area contributed by atoms with Gasteiger partial charge in [0.1, 0.15) is 0 Å². The molecule has 0 aliphatic carbocycles. The monoisotopic (exact) mass is 329 g/mol. The van der Waals surface area contributed by atoms with Crippen molar-refractivity contribution >= 4 is 11.8 Å². The number of nitrogens with one attached hydrogen (secondary N) is 1. The molecule has 5 nitrogen and oxygen atoms in total. The fourth-order valence-corrected chi connectivity index (χ4v) is 4.20. The van der Waals surface area contributed by atoms with Crippen molar-refractivity contribution in [2.75, 3.05) is 20.6 Å². The lowest BCUT2D eigenvalue weighted by Crippen LogP contribution is -2.54. The molecule has 2 amide bonds. The van der Waals surface area contributed by atoms with E-state index in [4.69, 9.17) is 0 Å². The predicted octanol–water partition coefficient (Wildman–Crippen LogP) is 1.95. The molecule has 2 fully saturated rings. The molecule has 2 saturated heterocycles. The molecule has 2 heterocycles. The van der Waals surface area contributed by atoms with Crippen LogP contribution in [-0.2, 0) is 9.59 Å². The number of likely N-dealkylation sites (N-methyl/N-ethyl adjacent to an activating group) is 1. The van der Waals surface area contributed by atoms with Gasteiger partial charge in [0.2, 0.25) is 11.8 Å². The molecule has 0 aromatic heterocycles. The van der Waals surface area contributed by atoms with Gasteiger partial charge in [-0.2, -0.15) is 0 Å². The number of carbonyl (C=O) groups excluding carboxylic acids is 2. The summed E-state index contributed by atoms with van der Waals surface area (Å²) in [6, 6.07) is 10.7. The van der Waals surface area contributed by atoms with Gasteiger partial charge in [-0.1, -0.05) is 30.3 Å². The molecule has 0 bridgehead atoms. The van der Waals surface area contributed by atoms with Crippen molar-refractivity contribution < 1.29 is 9.59 Å². The van der Waals surface area contributed by atoms with Crippen LogP contribution in [0.1, 0.15) is 44.2 Å². The lowest BCUT2D eigenvalue weighted by molar-refractivity contribution is -0.130. The molecule has 3 atom stereocenters. The van der Waals surface area contributed by atoms with Crippen LogP contribution in [0.15, 0.2) is 30.3 Å². The molecule has 0 saturated carbocycles. The molecule has 130 valence electrons. The van der Waals surface area contributed by atoms with Crippen molar-refractivity contribution in [2.24, 2.45) is 0 Å². The molecule has 0 unspecified atom stereocenters. The Hall–Kier alpha value is -1.88. The molecule has 0 radical (unpaired) electrons. The van der Waals surface area contributed by atoms with Crippen molar-refractivity contribution in [1.29, 1.82) is 0 Å². The molecule has 2 aliphatic heterocycles. The molecule has 24 heavy (non-hydrogen) atoms. The summed E-state index contributed by atoms with van der Waals surface area (Å²) in [6.45, 7) is 2.53. The van der Waals surface area contributed by atoms with E-state index in [1.165, 1.54) is 5.56 Å². The summed E-state index contributed by atoms with van der Waals surface area (Å²) in [7, 11) is 3.59. The SMILES string of the molecule is CN(C)C(=O)CN1[C@H]2CCCC(=O)N[C@@]2(C)C[C@H]1c1ccccc1. The summed E-state index contributed by atoms with van der Waals surface area (Å²) in [6.07, 6.45) is 3.24. The van der Waals surface area contributed by atoms with Gasteiger partial charge in [-0.15, -0.1) is 0 Å². The van der Waals surface area contributed by atoms with E-state index in [1.54, 1.807) is 19.0 Å². The summed E-state index contributed by atoms with van der Waals surface area (Å²) in [4.78, 5) is 28.5. The highest BCUT2D eigenvalue weighted by molar-refractivity contribution is 5.79. The van der Waals surface area contributed by atoms with Crippen LogP contribution in [0.4, 0.5) is 0 Å². The zero-order valence-corrected chi connectivity index (χ0v) is 14.8. The Labute approximate surface area is 144 Å². The number of carbonyl (C=O) groups is 2. The number of amides is 2. The first-order valence-corrected chi connectivity index (χ1v) is 8.72. The average Bonchev–Trinajstić information content (AvgIpc) is 2.71. The van der Waals surface area contributed by atoms with Crippen LogP contribution in [0.25, 0.3) is 0 Å². The quantitative estimate of drug-likeness (QED) is 0.922. The zero-order valence-electron chi connectivity index (χ0n) is 14.8. The Kier molecular flexibility index (Phi) is 4.63. The van der Waals surface area contributed by atoms with Crippen LogP contribution in [-0.4, -0.2) is 53.8 Å². The van der Waals surface area contributed by atoms with E-state index in [2.05, 4.69) is 29.3 Å². The number of benzene rings is 1. The molecule has 2 aliphatic rings. The topological polar surface area (TPSA) is 52.7 Å². The highest BCUT2D eigenvalue weighted by atomic mass is 16.2. The normalized spacial score (nSPS) is 30.4.